The third-order valence-corrected chi connectivity index (χ3v) is 6.91. The van der Waals surface area contributed by atoms with Gasteiger partial charge in [-0.25, -0.2) is 0 Å². The standard InChI is InChI=1S/C28H21Cl2NO6/c1-14-7-8-18(13-20(14)30)31-24(15-5-4-6-19(10-15)35-2)23(26(33)28(31)34)25(32)21-11-16-9-17(29)12-22(36-3)27(16)37-21/h4-13,24,33H,1-3H3. The van der Waals surface area contributed by atoms with E-state index in [1.165, 1.54) is 25.2 Å². The first-order chi connectivity index (χ1) is 17.7. The maximum atomic E-state index is 13.9. The maximum Gasteiger partial charge on any atom is 0.294 e. The normalized spacial score (nSPS) is 15.5. The minimum atomic E-state index is -0.979. The smallest absolute Gasteiger partial charge is 0.294 e. The molecule has 0 fully saturated rings. The third kappa shape index (κ3) is 4.20. The first-order valence-corrected chi connectivity index (χ1v) is 12.0. The lowest BCUT2D eigenvalue weighted by Gasteiger charge is -2.27. The number of carbonyl (C=O) groups is 2. The fraction of sp³-hybridized carbons (Fsp3) is 0.143. The number of aryl methyl sites for hydroxylation is 1. The SMILES string of the molecule is COc1cccc(C2C(C(=O)c3cc4cc(Cl)cc(OC)c4o3)=C(O)C(=O)N2c2ccc(C)c(Cl)c2)c1. The number of aliphatic hydroxyl groups is 1. The third-order valence-electron chi connectivity index (χ3n) is 6.29. The van der Waals surface area contributed by atoms with Gasteiger partial charge in [-0.2, -0.15) is 0 Å². The molecule has 0 aliphatic carbocycles. The first-order valence-electron chi connectivity index (χ1n) is 11.2. The van der Waals surface area contributed by atoms with Gasteiger partial charge in [0.05, 0.1) is 25.8 Å². The van der Waals surface area contributed by atoms with Crippen LogP contribution in [0.3, 0.4) is 0 Å². The van der Waals surface area contributed by atoms with Crippen molar-refractivity contribution in [2.75, 3.05) is 19.1 Å². The number of Topliss-reactive ketones (excluding diaryl/α,β-unsaturated/α-hetero) is 1. The van der Waals surface area contributed by atoms with Crippen LogP contribution in [0.1, 0.15) is 27.7 Å². The monoisotopic (exact) mass is 537 g/mol. The summed E-state index contributed by atoms with van der Waals surface area (Å²) < 4.78 is 16.6. The number of ketones is 1. The molecule has 1 amide bonds. The van der Waals surface area contributed by atoms with Gasteiger partial charge in [-0.15, -0.1) is 0 Å². The lowest BCUT2D eigenvalue weighted by atomic mass is 9.94. The lowest BCUT2D eigenvalue weighted by Crippen LogP contribution is -2.31. The summed E-state index contributed by atoms with van der Waals surface area (Å²) in [7, 11) is 2.98. The van der Waals surface area contributed by atoms with Gasteiger partial charge in [-0.1, -0.05) is 41.4 Å². The van der Waals surface area contributed by atoms with Gasteiger partial charge in [0.1, 0.15) is 5.75 Å². The highest BCUT2D eigenvalue weighted by molar-refractivity contribution is 6.32. The van der Waals surface area contributed by atoms with E-state index < -0.39 is 23.5 Å². The Bertz CT molecular complexity index is 1610. The zero-order valence-electron chi connectivity index (χ0n) is 20.0. The second kappa shape index (κ2) is 9.50. The predicted molar refractivity (Wildman–Crippen MR) is 141 cm³/mol. The van der Waals surface area contributed by atoms with Crippen molar-refractivity contribution in [3.8, 4) is 11.5 Å². The number of furan rings is 1. The first kappa shape index (κ1) is 24.7. The van der Waals surface area contributed by atoms with Crippen molar-refractivity contribution in [2.45, 2.75) is 13.0 Å². The largest absolute Gasteiger partial charge is 0.503 e. The quantitative estimate of drug-likeness (QED) is 0.270. The van der Waals surface area contributed by atoms with Gasteiger partial charge in [0.15, 0.2) is 22.9 Å². The Morgan fingerprint density at radius 1 is 1.03 bits per heavy atom. The van der Waals surface area contributed by atoms with E-state index in [-0.39, 0.29) is 11.3 Å². The van der Waals surface area contributed by atoms with E-state index in [1.54, 1.807) is 54.6 Å². The van der Waals surface area contributed by atoms with E-state index in [0.29, 0.717) is 43.8 Å². The molecular formula is C28H21Cl2NO6. The number of methoxy groups -OCH3 is 2. The molecule has 0 saturated carbocycles. The number of aliphatic hydroxyl groups excluding tert-OH is 1. The van der Waals surface area contributed by atoms with Crippen LogP contribution in [0.2, 0.25) is 10.0 Å². The molecule has 2 heterocycles. The van der Waals surface area contributed by atoms with Crippen LogP contribution in [0, 0.1) is 6.92 Å². The molecule has 9 heteroatoms. The molecule has 1 unspecified atom stereocenters. The molecular weight excluding hydrogens is 517 g/mol. The molecule has 0 radical (unpaired) electrons. The average molecular weight is 538 g/mol. The molecule has 188 valence electrons. The van der Waals surface area contributed by atoms with Crippen LogP contribution in [-0.2, 0) is 4.79 Å². The summed E-state index contributed by atoms with van der Waals surface area (Å²) in [6.07, 6.45) is 0. The Hall–Kier alpha value is -3.94. The van der Waals surface area contributed by atoms with Gasteiger partial charge in [-0.3, -0.25) is 14.5 Å². The van der Waals surface area contributed by atoms with Crippen molar-refractivity contribution < 1.29 is 28.6 Å². The second-order valence-corrected chi connectivity index (χ2v) is 9.36. The molecule has 1 N–H and O–H groups in total. The predicted octanol–water partition coefficient (Wildman–Crippen LogP) is 6.85. The van der Waals surface area contributed by atoms with Gasteiger partial charge in [0.25, 0.3) is 5.91 Å². The number of ether oxygens (including phenoxy) is 2. The summed E-state index contributed by atoms with van der Waals surface area (Å²) in [5.74, 6) is -1.29. The molecule has 1 aliphatic rings. The lowest BCUT2D eigenvalue weighted by molar-refractivity contribution is -0.117. The molecule has 1 aromatic heterocycles. The molecule has 7 nitrogen and oxygen atoms in total. The molecule has 0 bridgehead atoms. The number of carbonyl (C=O) groups excluding carboxylic acids is 2. The fourth-order valence-electron chi connectivity index (χ4n) is 4.44. The Morgan fingerprint density at radius 3 is 2.51 bits per heavy atom. The van der Waals surface area contributed by atoms with E-state index in [2.05, 4.69) is 0 Å². The number of nitrogens with zero attached hydrogens (tertiary/aromatic N) is 1. The number of hydrogen-bond acceptors (Lipinski definition) is 6. The number of fused-ring (bicyclic) bond motifs is 1. The highest BCUT2D eigenvalue weighted by Gasteiger charge is 2.45. The van der Waals surface area contributed by atoms with E-state index in [9.17, 15) is 14.7 Å². The van der Waals surface area contributed by atoms with Crippen LogP contribution in [0.4, 0.5) is 5.69 Å². The molecule has 4 aromatic rings. The average Bonchev–Trinajstić information content (AvgIpc) is 3.43. The molecule has 1 atom stereocenters. The molecule has 3 aromatic carbocycles. The van der Waals surface area contributed by atoms with Gasteiger partial charge >= 0.3 is 0 Å². The highest BCUT2D eigenvalue weighted by atomic mass is 35.5. The number of anilines is 1. The van der Waals surface area contributed by atoms with Crippen molar-refractivity contribution in [3.05, 3.63) is 98.9 Å². The van der Waals surface area contributed by atoms with E-state index >= 15 is 0 Å². The summed E-state index contributed by atoms with van der Waals surface area (Å²) in [4.78, 5) is 28.6. The zero-order valence-corrected chi connectivity index (χ0v) is 21.6. The molecule has 1 aliphatic heterocycles. The summed E-state index contributed by atoms with van der Waals surface area (Å²) in [5.41, 5.74) is 1.96. The van der Waals surface area contributed by atoms with E-state index in [1.807, 2.05) is 6.92 Å². The summed E-state index contributed by atoms with van der Waals surface area (Å²) in [6, 6.07) is 15.8. The molecule has 0 spiro atoms. The van der Waals surface area contributed by atoms with E-state index in [0.717, 1.165) is 5.56 Å². The Balaban J connectivity index is 1.68. The van der Waals surface area contributed by atoms with Gasteiger partial charge < -0.3 is 19.0 Å². The maximum absolute atomic E-state index is 13.9. The summed E-state index contributed by atoms with van der Waals surface area (Å²) in [5, 5.41) is 12.4. The van der Waals surface area contributed by atoms with Gasteiger partial charge in [-0.05, 0) is 54.4 Å². The minimum Gasteiger partial charge on any atom is -0.503 e. The Morgan fingerprint density at radius 2 is 1.81 bits per heavy atom. The van der Waals surface area contributed by atoms with Crippen molar-refractivity contribution in [1.29, 1.82) is 0 Å². The van der Waals surface area contributed by atoms with Crippen molar-refractivity contribution in [2.24, 2.45) is 0 Å². The van der Waals surface area contributed by atoms with Crippen LogP contribution in [0.25, 0.3) is 11.0 Å². The van der Waals surface area contributed by atoms with E-state index in [4.69, 9.17) is 37.1 Å². The Kier molecular flexibility index (Phi) is 6.35. The topological polar surface area (TPSA) is 89.2 Å². The number of benzene rings is 3. The molecule has 37 heavy (non-hydrogen) atoms. The zero-order chi connectivity index (χ0) is 26.4. The van der Waals surface area contributed by atoms with Gasteiger partial charge in [0.2, 0.25) is 5.78 Å². The van der Waals surface area contributed by atoms with Crippen molar-refractivity contribution in [1.82, 2.24) is 0 Å². The summed E-state index contributed by atoms with van der Waals surface area (Å²) >= 11 is 12.5. The minimum absolute atomic E-state index is 0.0819. The van der Waals surface area contributed by atoms with Crippen LogP contribution in [0.5, 0.6) is 11.5 Å². The van der Waals surface area contributed by atoms with Crippen LogP contribution in [-0.4, -0.2) is 31.0 Å². The fourth-order valence-corrected chi connectivity index (χ4v) is 4.84. The number of rotatable bonds is 6. The summed E-state index contributed by atoms with van der Waals surface area (Å²) in [6.45, 7) is 1.84. The number of halogens is 2. The van der Waals surface area contributed by atoms with Crippen LogP contribution in [0.15, 0.2) is 76.4 Å². The van der Waals surface area contributed by atoms with Crippen LogP contribution < -0.4 is 14.4 Å². The highest BCUT2D eigenvalue weighted by Crippen LogP contribution is 2.44. The molecule has 5 rings (SSSR count). The number of hydrogen-bond donors (Lipinski definition) is 1. The second-order valence-electron chi connectivity index (χ2n) is 8.52. The molecule has 0 saturated heterocycles. The van der Waals surface area contributed by atoms with Gasteiger partial charge in [0, 0.05) is 27.2 Å². The Labute approximate surface area is 222 Å². The number of amides is 1. The van der Waals surface area contributed by atoms with Crippen molar-refractivity contribution >= 4 is 51.5 Å². The van der Waals surface area contributed by atoms with Crippen molar-refractivity contribution in [3.63, 3.8) is 0 Å². The van der Waals surface area contributed by atoms with Crippen LogP contribution >= 0.6 is 23.2 Å².